The van der Waals surface area contributed by atoms with Gasteiger partial charge in [0.15, 0.2) is 11.6 Å². The number of thiophene rings is 1. The first kappa shape index (κ1) is 27.1. The molecular formula is C35H30FNO2SSi. The second kappa shape index (κ2) is 11.0. The quantitative estimate of drug-likeness (QED) is 0.111. The maximum atomic E-state index is 14.6. The number of anilines is 3. The molecule has 5 aromatic rings. The third-order valence-corrected chi connectivity index (χ3v) is 12.3. The lowest BCUT2D eigenvalue weighted by atomic mass is 10.0. The number of nitrogens with zero attached hydrogens (tertiary/aromatic N) is 1. The number of rotatable bonds is 7. The Labute approximate surface area is 245 Å². The predicted octanol–water partition coefficient (Wildman–Crippen LogP) is 8.76. The van der Waals surface area contributed by atoms with Gasteiger partial charge in [0, 0.05) is 27.4 Å². The highest BCUT2D eigenvalue weighted by molar-refractivity contribution is 7.17. The molecule has 1 heterocycles. The van der Waals surface area contributed by atoms with E-state index < -0.39 is 8.80 Å². The predicted molar refractivity (Wildman–Crippen MR) is 172 cm³/mol. The van der Waals surface area contributed by atoms with E-state index in [9.17, 15) is 14.0 Å². The topological polar surface area (TPSA) is 37.4 Å². The molecule has 0 atom stereocenters. The molecule has 6 heteroatoms. The maximum Gasteiger partial charge on any atom is 0.197 e. The third-order valence-electron chi connectivity index (χ3n) is 8.00. The minimum Gasteiger partial charge on any atom is -0.302 e. The lowest BCUT2D eigenvalue weighted by molar-refractivity contribution is 0.0990. The Balaban J connectivity index is 1.45. The van der Waals surface area contributed by atoms with Crippen LogP contribution in [0.4, 0.5) is 20.8 Å². The summed E-state index contributed by atoms with van der Waals surface area (Å²) in [6.07, 6.45) is 1.72. The molecule has 0 amide bonds. The van der Waals surface area contributed by atoms with Crippen molar-refractivity contribution in [1.82, 2.24) is 0 Å². The molecule has 0 radical (unpaired) electrons. The first-order valence-corrected chi connectivity index (χ1v) is 17.0. The smallest absolute Gasteiger partial charge is 0.197 e. The molecule has 0 aliphatic heterocycles. The van der Waals surface area contributed by atoms with Crippen LogP contribution in [0.5, 0.6) is 0 Å². The fourth-order valence-corrected chi connectivity index (χ4v) is 9.26. The molecule has 3 nitrogen and oxygen atoms in total. The van der Waals surface area contributed by atoms with Gasteiger partial charge in [-0.1, -0.05) is 68.4 Å². The van der Waals surface area contributed by atoms with Crippen LogP contribution in [-0.2, 0) is 0 Å². The molecule has 204 valence electrons. The number of benzene rings is 4. The van der Waals surface area contributed by atoms with Crippen LogP contribution in [0.2, 0.25) is 12.1 Å². The number of carbonyl (C=O) groups excluding carboxylic acids is 2. The Morgan fingerprint density at radius 2 is 1.41 bits per heavy atom. The van der Waals surface area contributed by atoms with E-state index in [1.165, 1.54) is 17.4 Å². The van der Waals surface area contributed by atoms with Gasteiger partial charge in [-0.05, 0) is 83.1 Å². The molecular weight excluding hydrogens is 546 g/mol. The molecule has 0 spiro atoms. The van der Waals surface area contributed by atoms with Crippen LogP contribution in [0.15, 0.2) is 96.6 Å². The van der Waals surface area contributed by atoms with Crippen LogP contribution in [0.1, 0.15) is 45.0 Å². The first-order valence-electron chi connectivity index (χ1n) is 14.0. The van der Waals surface area contributed by atoms with Crippen LogP contribution in [0.3, 0.4) is 0 Å². The monoisotopic (exact) mass is 575 g/mol. The summed E-state index contributed by atoms with van der Waals surface area (Å²) in [5, 5.41) is 3.93. The molecule has 0 saturated carbocycles. The van der Waals surface area contributed by atoms with E-state index in [4.69, 9.17) is 0 Å². The first-order chi connectivity index (χ1) is 19.9. The molecule has 0 saturated heterocycles. The number of para-hydroxylation sites is 1. The molecule has 1 aliphatic rings. The average Bonchev–Trinajstić information content (AvgIpc) is 3.53. The standard InChI is InChI=1S/C35H30FNO2SSi/c1-4-41(5-2)32-20-25(36)14-16-31(32)37(30-13-9-6-10-22(30)3)33-17-15-26(40-33)21-29-34(38)27-18-23-11-7-8-12-24(23)19-28(27)35(29)39/h6-21,41H,4-5H2,1-3H3. The molecule has 1 aliphatic carbocycles. The molecule has 4 aromatic carbocycles. The minimum absolute atomic E-state index is 0.193. The summed E-state index contributed by atoms with van der Waals surface area (Å²) in [5.41, 5.74) is 4.24. The zero-order valence-corrected chi connectivity index (χ0v) is 25.3. The van der Waals surface area contributed by atoms with Crippen molar-refractivity contribution in [2.75, 3.05) is 4.90 Å². The molecule has 0 bridgehead atoms. The van der Waals surface area contributed by atoms with E-state index in [2.05, 4.69) is 37.8 Å². The normalized spacial score (nSPS) is 12.9. The molecule has 0 fully saturated rings. The van der Waals surface area contributed by atoms with E-state index in [0.717, 1.165) is 54.9 Å². The van der Waals surface area contributed by atoms with Crippen molar-refractivity contribution in [2.24, 2.45) is 0 Å². The zero-order valence-electron chi connectivity index (χ0n) is 23.3. The highest BCUT2D eigenvalue weighted by Gasteiger charge is 2.33. The van der Waals surface area contributed by atoms with Crippen molar-refractivity contribution in [3.8, 4) is 0 Å². The number of hydrogen-bond donors (Lipinski definition) is 0. The fraction of sp³-hybridized carbons (Fsp3) is 0.143. The second-order valence-corrected chi connectivity index (χ2v) is 15.2. The average molecular weight is 576 g/mol. The highest BCUT2D eigenvalue weighted by Crippen LogP contribution is 2.41. The Bertz CT molecular complexity index is 1800. The van der Waals surface area contributed by atoms with Gasteiger partial charge in [0.2, 0.25) is 0 Å². The van der Waals surface area contributed by atoms with Crippen LogP contribution in [0.25, 0.3) is 16.8 Å². The van der Waals surface area contributed by atoms with Crippen LogP contribution >= 0.6 is 11.3 Å². The molecule has 1 aromatic heterocycles. The van der Waals surface area contributed by atoms with Gasteiger partial charge in [0.05, 0.1) is 14.4 Å². The van der Waals surface area contributed by atoms with Crippen molar-refractivity contribution in [3.63, 3.8) is 0 Å². The molecule has 6 rings (SSSR count). The van der Waals surface area contributed by atoms with E-state index >= 15 is 0 Å². The number of carbonyl (C=O) groups is 2. The Morgan fingerprint density at radius 1 is 0.780 bits per heavy atom. The number of aryl methyl sites for hydroxylation is 1. The van der Waals surface area contributed by atoms with Gasteiger partial charge in [-0.25, -0.2) is 4.39 Å². The highest BCUT2D eigenvalue weighted by atomic mass is 32.1. The largest absolute Gasteiger partial charge is 0.302 e. The van der Waals surface area contributed by atoms with Gasteiger partial charge >= 0.3 is 0 Å². The van der Waals surface area contributed by atoms with Crippen molar-refractivity contribution < 1.29 is 14.0 Å². The van der Waals surface area contributed by atoms with Gasteiger partial charge in [-0.2, -0.15) is 0 Å². The van der Waals surface area contributed by atoms with Gasteiger partial charge in [-0.15, -0.1) is 11.3 Å². The number of halogens is 1. The summed E-state index contributed by atoms with van der Waals surface area (Å²) in [6, 6.07) is 30.8. The minimum atomic E-state index is -1.40. The molecule has 41 heavy (non-hydrogen) atoms. The van der Waals surface area contributed by atoms with Crippen molar-refractivity contribution in [2.45, 2.75) is 32.9 Å². The van der Waals surface area contributed by atoms with Gasteiger partial charge in [0.25, 0.3) is 0 Å². The Kier molecular flexibility index (Phi) is 7.28. The van der Waals surface area contributed by atoms with E-state index in [1.54, 1.807) is 12.1 Å². The lowest BCUT2D eigenvalue weighted by Crippen LogP contribution is -2.33. The summed E-state index contributed by atoms with van der Waals surface area (Å²) < 4.78 is 14.6. The molecule has 0 unspecified atom stereocenters. The van der Waals surface area contributed by atoms with E-state index in [-0.39, 0.29) is 23.0 Å². The Hall–Kier alpha value is -4.13. The van der Waals surface area contributed by atoms with Crippen molar-refractivity contribution in [1.29, 1.82) is 0 Å². The van der Waals surface area contributed by atoms with E-state index in [1.807, 2.05) is 66.7 Å². The second-order valence-electron chi connectivity index (χ2n) is 10.5. The Morgan fingerprint density at radius 3 is 2.05 bits per heavy atom. The SMILES string of the molecule is CC[SiH](CC)c1cc(F)ccc1N(c1ccc(C=C2C(=O)c3cc4ccccc4cc3C2=O)s1)c1ccccc1C. The van der Waals surface area contributed by atoms with Crippen LogP contribution in [0, 0.1) is 12.7 Å². The number of allylic oxidation sites excluding steroid dienone is 1. The van der Waals surface area contributed by atoms with Gasteiger partial charge in [0.1, 0.15) is 10.8 Å². The number of fused-ring (bicyclic) bond motifs is 2. The number of hydrogen-bond acceptors (Lipinski definition) is 4. The summed E-state index contributed by atoms with van der Waals surface area (Å²) >= 11 is 1.52. The maximum absolute atomic E-state index is 14.6. The van der Waals surface area contributed by atoms with Gasteiger partial charge in [-0.3, -0.25) is 9.59 Å². The van der Waals surface area contributed by atoms with Crippen LogP contribution in [-0.4, -0.2) is 20.4 Å². The van der Waals surface area contributed by atoms with Crippen LogP contribution < -0.4 is 10.1 Å². The summed E-state index contributed by atoms with van der Waals surface area (Å²) in [4.78, 5) is 29.8. The van der Waals surface area contributed by atoms with Crippen molar-refractivity contribution in [3.05, 3.63) is 124 Å². The number of ketones is 2. The fourth-order valence-electron chi connectivity index (χ4n) is 5.79. The summed E-state index contributed by atoms with van der Waals surface area (Å²) in [7, 11) is -1.40. The lowest BCUT2D eigenvalue weighted by Gasteiger charge is -2.29. The molecule has 0 N–H and O–H groups in total. The summed E-state index contributed by atoms with van der Waals surface area (Å²) in [5.74, 6) is -0.681. The van der Waals surface area contributed by atoms with Crippen molar-refractivity contribution >= 4 is 70.1 Å². The van der Waals surface area contributed by atoms with E-state index in [0.29, 0.717) is 11.1 Å². The summed E-state index contributed by atoms with van der Waals surface area (Å²) in [6.45, 7) is 6.46. The third kappa shape index (κ3) is 4.87. The number of Topliss-reactive ketones (excluding diaryl/α,β-unsaturated/α-hetero) is 2. The van der Waals surface area contributed by atoms with Gasteiger partial charge < -0.3 is 4.90 Å². The zero-order chi connectivity index (χ0) is 28.7.